The van der Waals surface area contributed by atoms with Crippen molar-refractivity contribution >= 4 is 35.3 Å². The number of ketones is 1. The third-order valence-electron chi connectivity index (χ3n) is 11.0. The molecule has 14 nitrogen and oxygen atoms in total. The molecule has 2 aliphatic carbocycles. The van der Waals surface area contributed by atoms with Crippen LogP contribution in [0.1, 0.15) is 108 Å². The fraction of sp³-hybridized carbons (Fsp3) is 0.615. The first-order valence-corrected chi connectivity index (χ1v) is 19.1. The fourth-order valence-electron chi connectivity index (χ4n) is 8.15. The topological polar surface area (TPSA) is 192 Å². The third-order valence-corrected chi connectivity index (χ3v) is 11.0. The molecular formula is C39H54N8O6. The van der Waals surface area contributed by atoms with Gasteiger partial charge in [-0.05, 0) is 73.0 Å². The Morgan fingerprint density at radius 3 is 2.26 bits per heavy atom. The summed E-state index contributed by atoms with van der Waals surface area (Å²) in [4.78, 5) is 96.2. The molecule has 1 saturated heterocycles. The first-order chi connectivity index (χ1) is 25.4. The molecule has 1 aliphatic heterocycles. The molecular weight excluding hydrogens is 676 g/mol. The molecule has 2 aromatic heterocycles. The number of nitrogens with zero attached hydrogens (tertiary/aromatic N) is 4. The molecule has 53 heavy (non-hydrogen) atoms. The van der Waals surface area contributed by atoms with Gasteiger partial charge in [0.1, 0.15) is 23.8 Å². The van der Waals surface area contributed by atoms with Gasteiger partial charge in [-0.15, -0.1) is 0 Å². The van der Waals surface area contributed by atoms with E-state index in [1.165, 1.54) is 18.6 Å². The summed E-state index contributed by atoms with van der Waals surface area (Å²) in [6.07, 6.45) is 15.2. The molecule has 3 heterocycles. The molecule has 2 aromatic rings. The van der Waals surface area contributed by atoms with E-state index in [1.54, 1.807) is 29.4 Å². The van der Waals surface area contributed by atoms with E-state index < -0.39 is 64.9 Å². The van der Waals surface area contributed by atoms with E-state index in [1.807, 2.05) is 27.7 Å². The molecule has 5 rings (SSSR count). The largest absolute Gasteiger partial charge is 0.345 e. The van der Waals surface area contributed by atoms with Crippen LogP contribution in [0.4, 0.5) is 0 Å². The highest BCUT2D eigenvalue weighted by atomic mass is 16.2. The molecule has 6 atom stereocenters. The van der Waals surface area contributed by atoms with Gasteiger partial charge in [-0.2, -0.15) is 0 Å². The smallest absolute Gasteiger partial charge is 0.289 e. The number of pyridine rings is 1. The van der Waals surface area contributed by atoms with Gasteiger partial charge in [-0.1, -0.05) is 59.8 Å². The Hall–Kier alpha value is -4.75. The highest BCUT2D eigenvalue weighted by Crippen LogP contribution is 2.43. The highest BCUT2D eigenvalue weighted by molar-refractivity contribution is 6.38. The van der Waals surface area contributed by atoms with Gasteiger partial charge < -0.3 is 26.2 Å². The number of hydrogen-bond donors (Lipinski definition) is 4. The van der Waals surface area contributed by atoms with Gasteiger partial charge in [0.05, 0.1) is 12.2 Å². The Morgan fingerprint density at radius 1 is 0.868 bits per heavy atom. The Bertz CT molecular complexity index is 1610. The van der Waals surface area contributed by atoms with Crippen LogP contribution < -0.4 is 21.3 Å². The Kier molecular flexibility index (Phi) is 13.3. The zero-order valence-corrected chi connectivity index (χ0v) is 31.3. The minimum Gasteiger partial charge on any atom is -0.345 e. The summed E-state index contributed by atoms with van der Waals surface area (Å²) in [7, 11) is 0. The molecule has 4 N–H and O–H groups in total. The fourth-order valence-corrected chi connectivity index (χ4v) is 8.15. The minimum absolute atomic E-state index is 0.0908. The second-order valence-corrected chi connectivity index (χ2v) is 15.8. The number of fused-ring (bicyclic) bond motifs is 1. The predicted octanol–water partition coefficient (Wildman–Crippen LogP) is 2.88. The molecule has 3 fully saturated rings. The van der Waals surface area contributed by atoms with Crippen LogP contribution >= 0.6 is 0 Å². The SMILES string of the molecule is CCC[C@@H](NC(=O)[C@@H]1C2CCCC2CN1C(=O)[C@@H](NC(=O)[C@H](NC(=O)c1cnccn1)C1CCCCC1)C(C)(C)C)C(=O)C(=O)NCc1ccncc1. The van der Waals surface area contributed by atoms with Crippen LogP contribution in [-0.4, -0.2) is 85.9 Å². The average molecular weight is 731 g/mol. The number of carbonyl (C=O) groups is 6. The summed E-state index contributed by atoms with van der Waals surface area (Å²) in [5.41, 5.74) is 0.113. The highest BCUT2D eigenvalue weighted by Gasteiger charge is 2.52. The lowest BCUT2D eigenvalue weighted by Gasteiger charge is -2.38. The second-order valence-electron chi connectivity index (χ2n) is 15.8. The van der Waals surface area contributed by atoms with Crippen molar-refractivity contribution in [2.24, 2.45) is 23.2 Å². The maximum Gasteiger partial charge on any atom is 0.289 e. The standard InChI is InChI=1S/C39H54N8O6/c1-5-10-28(32(48)37(52)43-21-24-15-17-40-18-16-24)44-36(51)31-27-14-9-13-26(27)23-47(31)38(53)33(39(2,3)4)46-35(50)30(25-11-7-6-8-12-25)45-34(49)29-22-41-19-20-42-29/h15-20,22,25-28,30-31,33H,5-14,21,23H2,1-4H3,(H,43,52)(H,44,51)(H,45,49)(H,46,50)/t26?,27?,28-,30-,31+,33-/m1/s1. The first-order valence-electron chi connectivity index (χ1n) is 19.1. The number of hydrogen-bond acceptors (Lipinski definition) is 9. The normalized spacial score (nSPS) is 21.8. The average Bonchev–Trinajstić information content (AvgIpc) is 3.77. The van der Waals surface area contributed by atoms with Crippen molar-refractivity contribution in [2.45, 2.75) is 123 Å². The van der Waals surface area contributed by atoms with Crippen molar-refractivity contribution in [3.8, 4) is 0 Å². The summed E-state index contributed by atoms with van der Waals surface area (Å²) in [5.74, 6) is -3.54. The van der Waals surface area contributed by atoms with E-state index >= 15 is 0 Å². The van der Waals surface area contributed by atoms with Crippen molar-refractivity contribution in [1.82, 2.24) is 41.1 Å². The summed E-state index contributed by atoms with van der Waals surface area (Å²) in [6.45, 7) is 7.92. The van der Waals surface area contributed by atoms with Crippen LogP contribution in [-0.2, 0) is 30.5 Å². The molecule has 0 bridgehead atoms. The van der Waals surface area contributed by atoms with Crippen LogP contribution in [0, 0.1) is 23.2 Å². The Balaban J connectivity index is 1.34. The van der Waals surface area contributed by atoms with E-state index in [9.17, 15) is 28.8 Å². The summed E-state index contributed by atoms with van der Waals surface area (Å²) in [6, 6.07) is -0.372. The van der Waals surface area contributed by atoms with Crippen LogP contribution in [0.5, 0.6) is 0 Å². The molecule has 3 aliphatic rings. The molecule has 0 radical (unpaired) electrons. The quantitative estimate of drug-likeness (QED) is 0.212. The van der Waals surface area contributed by atoms with Crippen molar-refractivity contribution < 1.29 is 28.8 Å². The number of Topliss-reactive ketones (excluding diaryl/α,β-unsaturated/α-hetero) is 1. The van der Waals surface area contributed by atoms with Crippen LogP contribution in [0.3, 0.4) is 0 Å². The van der Waals surface area contributed by atoms with Crippen molar-refractivity contribution in [1.29, 1.82) is 0 Å². The maximum absolute atomic E-state index is 14.7. The lowest BCUT2D eigenvalue weighted by molar-refractivity contribution is -0.146. The van der Waals surface area contributed by atoms with Crippen LogP contribution in [0.15, 0.2) is 43.1 Å². The van der Waals surface area contributed by atoms with E-state index in [0.717, 1.165) is 56.9 Å². The first kappa shape index (κ1) is 39.5. The van der Waals surface area contributed by atoms with E-state index in [0.29, 0.717) is 13.0 Å². The molecule has 2 unspecified atom stereocenters. The summed E-state index contributed by atoms with van der Waals surface area (Å²) >= 11 is 0. The van der Waals surface area contributed by atoms with Gasteiger partial charge in [-0.3, -0.25) is 38.7 Å². The lowest BCUT2D eigenvalue weighted by atomic mass is 9.82. The number of aromatic nitrogens is 3. The van der Waals surface area contributed by atoms with Gasteiger partial charge in [0.25, 0.3) is 11.8 Å². The van der Waals surface area contributed by atoms with Crippen LogP contribution in [0.25, 0.3) is 0 Å². The Morgan fingerprint density at radius 2 is 1.60 bits per heavy atom. The van der Waals surface area contributed by atoms with Gasteiger partial charge in [-0.25, -0.2) is 4.98 Å². The van der Waals surface area contributed by atoms with E-state index in [4.69, 9.17) is 0 Å². The number of nitrogens with one attached hydrogen (secondary N) is 4. The molecule has 14 heteroatoms. The zero-order valence-electron chi connectivity index (χ0n) is 31.3. The monoisotopic (exact) mass is 730 g/mol. The predicted molar refractivity (Wildman–Crippen MR) is 196 cm³/mol. The summed E-state index contributed by atoms with van der Waals surface area (Å²) in [5, 5.41) is 11.4. The second kappa shape index (κ2) is 17.8. The number of carbonyl (C=O) groups excluding carboxylic acids is 6. The van der Waals surface area contributed by atoms with Gasteiger partial charge >= 0.3 is 0 Å². The number of amides is 5. The van der Waals surface area contributed by atoms with Gasteiger partial charge in [0.15, 0.2) is 0 Å². The molecule has 5 amide bonds. The molecule has 0 spiro atoms. The van der Waals surface area contributed by atoms with E-state index in [2.05, 4.69) is 36.2 Å². The van der Waals surface area contributed by atoms with Crippen molar-refractivity contribution in [3.05, 3.63) is 54.4 Å². The van der Waals surface area contributed by atoms with Crippen molar-refractivity contribution in [3.63, 3.8) is 0 Å². The van der Waals surface area contributed by atoms with Crippen molar-refractivity contribution in [2.75, 3.05) is 6.54 Å². The third kappa shape index (κ3) is 9.82. The Labute approximate surface area is 311 Å². The zero-order chi connectivity index (χ0) is 38.1. The molecule has 2 saturated carbocycles. The summed E-state index contributed by atoms with van der Waals surface area (Å²) < 4.78 is 0. The van der Waals surface area contributed by atoms with Gasteiger partial charge in [0, 0.05) is 37.9 Å². The maximum atomic E-state index is 14.7. The van der Waals surface area contributed by atoms with Crippen LogP contribution in [0.2, 0.25) is 0 Å². The molecule has 286 valence electrons. The molecule has 0 aromatic carbocycles. The number of likely N-dealkylation sites (tertiary alicyclic amines) is 1. The minimum atomic E-state index is -1.06. The van der Waals surface area contributed by atoms with Gasteiger partial charge in [0.2, 0.25) is 23.5 Å². The van der Waals surface area contributed by atoms with E-state index in [-0.39, 0.29) is 36.4 Å². The lowest BCUT2D eigenvalue weighted by Crippen LogP contribution is -2.62. The number of rotatable bonds is 14.